The first-order valence-electron chi connectivity index (χ1n) is 7.00. The number of benzene rings is 2. The van der Waals surface area contributed by atoms with Crippen LogP contribution in [0, 0.1) is 5.82 Å². The van der Waals surface area contributed by atoms with Gasteiger partial charge in [-0.2, -0.15) is 0 Å². The smallest absolute Gasteiger partial charge is 0.123 e. The summed E-state index contributed by atoms with van der Waals surface area (Å²) in [5, 5.41) is 3.51. The standard InChI is InChI=1S/C17H18FNO/c18-15-5-9-17(10-6-15)20-12-14-4-2-1-3-13(14)11-19-16-7-8-16/h1-6,9-10,16,19H,7-8,11-12H2. The maximum atomic E-state index is 12.8. The predicted octanol–water partition coefficient (Wildman–Crippen LogP) is 3.66. The van der Waals surface area contributed by atoms with Crippen molar-refractivity contribution in [1.29, 1.82) is 0 Å². The predicted molar refractivity (Wildman–Crippen MR) is 77.0 cm³/mol. The molecule has 0 atom stereocenters. The van der Waals surface area contributed by atoms with E-state index in [-0.39, 0.29) is 5.82 Å². The average Bonchev–Trinajstić information content (AvgIpc) is 3.30. The molecule has 104 valence electrons. The maximum absolute atomic E-state index is 12.8. The van der Waals surface area contributed by atoms with Gasteiger partial charge in [-0.1, -0.05) is 24.3 Å². The van der Waals surface area contributed by atoms with E-state index in [1.165, 1.54) is 36.1 Å². The Morgan fingerprint density at radius 2 is 1.70 bits per heavy atom. The zero-order chi connectivity index (χ0) is 13.8. The summed E-state index contributed by atoms with van der Waals surface area (Å²) >= 11 is 0. The van der Waals surface area contributed by atoms with E-state index in [1.54, 1.807) is 12.1 Å². The van der Waals surface area contributed by atoms with Crippen molar-refractivity contribution in [2.24, 2.45) is 0 Å². The van der Waals surface area contributed by atoms with E-state index in [2.05, 4.69) is 17.4 Å². The van der Waals surface area contributed by atoms with Crippen molar-refractivity contribution in [1.82, 2.24) is 5.32 Å². The van der Waals surface area contributed by atoms with E-state index in [4.69, 9.17) is 4.74 Å². The second-order valence-corrected chi connectivity index (χ2v) is 5.17. The first-order chi connectivity index (χ1) is 9.81. The maximum Gasteiger partial charge on any atom is 0.123 e. The monoisotopic (exact) mass is 271 g/mol. The summed E-state index contributed by atoms with van der Waals surface area (Å²) in [6.07, 6.45) is 2.57. The van der Waals surface area contributed by atoms with Crippen LogP contribution in [-0.2, 0) is 13.2 Å². The van der Waals surface area contributed by atoms with Gasteiger partial charge < -0.3 is 10.1 Å². The quantitative estimate of drug-likeness (QED) is 0.865. The summed E-state index contributed by atoms with van der Waals surface area (Å²) in [7, 11) is 0. The summed E-state index contributed by atoms with van der Waals surface area (Å²) in [4.78, 5) is 0. The van der Waals surface area contributed by atoms with Crippen LogP contribution in [0.5, 0.6) is 5.75 Å². The lowest BCUT2D eigenvalue weighted by molar-refractivity contribution is 0.304. The van der Waals surface area contributed by atoms with Crippen LogP contribution >= 0.6 is 0 Å². The van der Waals surface area contributed by atoms with Gasteiger partial charge in [0.05, 0.1) is 0 Å². The SMILES string of the molecule is Fc1ccc(OCc2ccccc2CNC2CC2)cc1. The van der Waals surface area contributed by atoms with Crippen LogP contribution in [0.15, 0.2) is 48.5 Å². The zero-order valence-electron chi connectivity index (χ0n) is 11.3. The van der Waals surface area contributed by atoms with Crippen molar-refractivity contribution in [3.05, 3.63) is 65.5 Å². The Balaban J connectivity index is 1.62. The highest BCUT2D eigenvalue weighted by molar-refractivity contribution is 5.28. The Morgan fingerprint density at radius 3 is 2.40 bits per heavy atom. The number of halogens is 1. The van der Waals surface area contributed by atoms with Gasteiger partial charge in [0, 0.05) is 12.6 Å². The van der Waals surface area contributed by atoms with Crippen molar-refractivity contribution < 1.29 is 9.13 Å². The molecule has 0 saturated heterocycles. The molecule has 3 rings (SSSR count). The summed E-state index contributed by atoms with van der Waals surface area (Å²) in [6.45, 7) is 1.39. The highest BCUT2D eigenvalue weighted by atomic mass is 19.1. The third-order valence-electron chi connectivity index (χ3n) is 3.48. The summed E-state index contributed by atoms with van der Waals surface area (Å²) in [5.41, 5.74) is 2.44. The van der Waals surface area contributed by atoms with E-state index < -0.39 is 0 Å². The van der Waals surface area contributed by atoms with Crippen molar-refractivity contribution in [2.45, 2.75) is 32.0 Å². The minimum absolute atomic E-state index is 0.244. The van der Waals surface area contributed by atoms with Crippen LogP contribution < -0.4 is 10.1 Å². The molecule has 2 nitrogen and oxygen atoms in total. The van der Waals surface area contributed by atoms with Crippen molar-refractivity contribution in [3.63, 3.8) is 0 Å². The van der Waals surface area contributed by atoms with Crippen molar-refractivity contribution >= 4 is 0 Å². The fraction of sp³-hybridized carbons (Fsp3) is 0.294. The number of rotatable bonds is 6. The van der Waals surface area contributed by atoms with Gasteiger partial charge in [0.15, 0.2) is 0 Å². The van der Waals surface area contributed by atoms with Gasteiger partial charge in [-0.15, -0.1) is 0 Å². The highest BCUT2D eigenvalue weighted by Gasteiger charge is 2.20. The summed E-state index contributed by atoms with van der Waals surface area (Å²) in [5.74, 6) is 0.447. The summed E-state index contributed by atoms with van der Waals surface area (Å²) < 4.78 is 18.5. The third kappa shape index (κ3) is 3.58. The molecule has 20 heavy (non-hydrogen) atoms. The molecule has 0 amide bonds. The van der Waals surface area contributed by atoms with E-state index in [9.17, 15) is 4.39 Å². The summed E-state index contributed by atoms with van der Waals surface area (Å²) in [6, 6.07) is 15.1. The molecule has 0 aromatic heterocycles. The minimum atomic E-state index is -0.244. The lowest BCUT2D eigenvalue weighted by atomic mass is 10.1. The molecule has 2 aromatic carbocycles. The van der Waals surface area contributed by atoms with Gasteiger partial charge in [0.25, 0.3) is 0 Å². The zero-order valence-corrected chi connectivity index (χ0v) is 11.3. The Kier molecular flexibility index (Phi) is 3.97. The molecule has 0 radical (unpaired) electrons. The first kappa shape index (κ1) is 13.1. The van der Waals surface area contributed by atoms with E-state index in [0.717, 1.165) is 6.54 Å². The first-order valence-corrected chi connectivity index (χ1v) is 7.00. The molecule has 0 spiro atoms. The fourth-order valence-electron chi connectivity index (χ4n) is 2.10. The Morgan fingerprint density at radius 1 is 1.00 bits per heavy atom. The van der Waals surface area contributed by atoms with Gasteiger partial charge in [-0.3, -0.25) is 0 Å². The van der Waals surface area contributed by atoms with Crippen LogP contribution in [0.2, 0.25) is 0 Å². The average molecular weight is 271 g/mol. The number of hydrogen-bond donors (Lipinski definition) is 1. The topological polar surface area (TPSA) is 21.3 Å². The second kappa shape index (κ2) is 6.06. The molecular weight excluding hydrogens is 253 g/mol. The fourth-order valence-corrected chi connectivity index (χ4v) is 2.10. The molecule has 0 unspecified atom stereocenters. The van der Waals surface area contributed by atoms with Crippen LogP contribution in [0.4, 0.5) is 4.39 Å². The normalized spacial score (nSPS) is 14.2. The van der Waals surface area contributed by atoms with Gasteiger partial charge in [-0.05, 0) is 48.2 Å². The molecule has 1 N–H and O–H groups in total. The number of hydrogen-bond acceptors (Lipinski definition) is 2. The molecular formula is C17H18FNO. The Bertz CT molecular complexity index is 563. The molecule has 1 saturated carbocycles. The van der Waals surface area contributed by atoms with Crippen LogP contribution in [0.3, 0.4) is 0 Å². The van der Waals surface area contributed by atoms with Crippen LogP contribution in [0.25, 0.3) is 0 Å². The van der Waals surface area contributed by atoms with Gasteiger partial charge >= 0.3 is 0 Å². The molecule has 0 bridgehead atoms. The lowest BCUT2D eigenvalue weighted by Gasteiger charge is -2.11. The van der Waals surface area contributed by atoms with E-state index in [0.29, 0.717) is 18.4 Å². The van der Waals surface area contributed by atoms with Crippen LogP contribution in [-0.4, -0.2) is 6.04 Å². The molecule has 0 heterocycles. The van der Waals surface area contributed by atoms with Gasteiger partial charge in [0.2, 0.25) is 0 Å². The van der Waals surface area contributed by atoms with Gasteiger partial charge in [-0.25, -0.2) is 4.39 Å². The van der Waals surface area contributed by atoms with E-state index in [1.807, 2.05) is 12.1 Å². The molecule has 1 fully saturated rings. The Hall–Kier alpha value is -1.87. The molecule has 1 aliphatic rings. The third-order valence-corrected chi connectivity index (χ3v) is 3.48. The molecule has 3 heteroatoms. The lowest BCUT2D eigenvalue weighted by Crippen LogP contribution is -2.16. The number of ether oxygens (including phenoxy) is 1. The molecule has 1 aliphatic carbocycles. The number of nitrogens with one attached hydrogen (secondary N) is 1. The van der Waals surface area contributed by atoms with E-state index >= 15 is 0 Å². The minimum Gasteiger partial charge on any atom is -0.489 e. The van der Waals surface area contributed by atoms with Crippen LogP contribution in [0.1, 0.15) is 24.0 Å². The highest BCUT2D eigenvalue weighted by Crippen LogP contribution is 2.20. The second-order valence-electron chi connectivity index (χ2n) is 5.17. The molecule has 2 aromatic rings. The largest absolute Gasteiger partial charge is 0.489 e. The van der Waals surface area contributed by atoms with Crippen molar-refractivity contribution in [3.8, 4) is 5.75 Å². The van der Waals surface area contributed by atoms with Gasteiger partial charge in [0.1, 0.15) is 18.2 Å². The van der Waals surface area contributed by atoms with Crippen molar-refractivity contribution in [2.75, 3.05) is 0 Å². The Labute approximate surface area is 118 Å². The molecule has 0 aliphatic heterocycles.